The molecule has 0 bridgehead atoms. The highest BCUT2D eigenvalue weighted by atomic mass is 35.5. The van der Waals surface area contributed by atoms with Gasteiger partial charge in [-0.3, -0.25) is 4.98 Å². The smallest absolute Gasteiger partial charge is 0.350 e. The molecule has 0 aliphatic carbocycles. The van der Waals surface area contributed by atoms with Crippen LogP contribution in [-0.4, -0.2) is 23.0 Å². The van der Waals surface area contributed by atoms with E-state index in [0.717, 1.165) is 11.3 Å². The van der Waals surface area contributed by atoms with Crippen molar-refractivity contribution in [3.05, 3.63) is 33.5 Å². The molecule has 0 atom stereocenters. The molecule has 2 heterocycles. The number of hydrogen-bond acceptors (Lipinski definition) is 5. The maximum Gasteiger partial charge on any atom is 0.350 e. The summed E-state index contributed by atoms with van der Waals surface area (Å²) < 4.78 is 18.2. The largest absolute Gasteiger partial charge is 0.465 e. The summed E-state index contributed by atoms with van der Waals surface area (Å²) in [6.45, 7) is 0. The van der Waals surface area contributed by atoms with E-state index in [1.54, 1.807) is 0 Å². The minimum atomic E-state index is -0.616. The third-order valence-electron chi connectivity index (χ3n) is 1.95. The summed E-state index contributed by atoms with van der Waals surface area (Å²) in [6, 6.07) is 2.68. The molecule has 0 unspecified atom stereocenters. The summed E-state index contributed by atoms with van der Waals surface area (Å²) in [5.74, 6) is -1.19. The first-order chi connectivity index (χ1) is 8.13. The molecule has 0 aromatic carbocycles. The highest BCUT2D eigenvalue weighted by molar-refractivity contribution is 7.17. The van der Waals surface area contributed by atoms with Gasteiger partial charge in [0.1, 0.15) is 16.3 Å². The zero-order valence-corrected chi connectivity index (χ0v) is 10.2. The number of methoxy groups -OCH3 is 1. The van der Waals surface area contributed by atoms with Gasteiger partial charge in [-0.2, -0.15) is 0 Å². The topological polar surface area (TPSA) is 52.1 Å². The molecule has 0 saturated heterocycles. The summed E-state index contributed by atoms with van der Waals surface area (Å²) in [5, 5.41) is 0. The van der Waals surface area contributed by atoms with Crippen molar-refractivity contribution in [2.75, 3.05) is 7.11 Å². The molecule has 2 rings (SSSR count). The summed E-state index contributed by atoms with van der Waals surface area (Å²) in [6.07, 6.45) is 1.41. The Morgan fingerprint density at radius 1 is 1.53 bits per heavy atom. The highest BCUT2D eigenvalue weighted by Gasteiger charge is 2.22. The van der Waals surface area contributed by atoms with Crippen LogP contribution < -0.4 is 0 Å². The van der Waals surface area contributed by atoms with Gasteiger partial charge in [0.2, 0.25) is 0 Å². The van der Waals surface area contributed by atoms with Crippen LogP contribution in [0, 0.1) is 5.82 Å². The summed E-state index contributed by atoms with van der Waals surface area (Å²) >= 11 is 6.64. The van der Waals surface area contributed by atoms with Crippen LogP contribution in [0.4, 0.5) is 4.39 Å². The number of aromatic nitrogens is 2. The quantitative estimate of drug-likeness (QED) is 0.789. The third-order valence-corrected chi connectivity index (χ3v) is 3.09. The van der Waals surface area contributed by atoms with Gasteiger partial charge < -0.3 is 4.74 Å². The number of pyridine rings is 1. The molecule has 0 aliphatic rings. The highest BCUT2D eigenvalue weighted by Crippen LogP contribution is 2.31. The van der Waals surface area contributed by atoms with Crippen LogP contribution in [0.5, 0.6) is 0 Å². The lowest BCUT2D eigenvalue weighted by atomic mass is 10.2. The second kappa shape index (κ2) is 4.77. The number of rotatable bonds is 2. The van der Waals surface area contributed by atoms with Crippen molar-refractivity contribution in [2.45, 2.75) is 0 Å². The van der Waals surface area contributed by atoms with Crippen LogP contribution in [0.15, 0.2) is 18.3 Å². The molecule has 4 nitrogen and oxygen atoms in total. The van der Waals surface area contributed by atoms with Crippen LogP contribution in [0.2, 0.25) is 4.47 Å². The second-order valence-electron chi connectivity index (χ2n) is 2.97. The Morgan fingerprint density at radius 3 is 2.94 bits per heavy atom. The van der Waals surface area contributed by atoms with Gasteiger partial charge in [-0.25, -0.2) is 14.2 Å². The lowest BCUT2D eigenvalue weighted by Crippen LogP contribution is -2.02. The van der Waals surface area contributed by atoms with E-state index < -0.39 is 11.8 Å². The summed E-state index contributed by atoms with van der Waals surface area (Å²) in [5.41, 5.74) is 0.0843. The first kappa shape index (κ1) is 11.9. The zero-order valence-electron chi connectivity index (χ0n) is 8.61. The Kier molecular flexibility index (Phi) is 3.35. The predicted octanol–water partition coefficient (Wildman–Crippen LogP) is 2.78. The number of thiazole rings is 1. The van der Waals surface area contributed by atoms with Crippen molar-refractivity contribution in [1.29, 1.82) is 0 Å². The van der Waals surface area contributed by atoms with E-state index in [1.165, 1.54) is 25.4 Å². The van der Waals surface area contributed by atoms with Crippen molar-refractivity contribution in [3.8, 4) is 11.4 Å². The molecule has 0 aliphatic heterocycles. The third kappa shape index (κ3) is 2.27. The van der Waals surface area contributed by atoms with E-state index in [9.17, 15) is 9.18 Å². The van der Waals surface area contributed by atoms with E-state index in [4.69, 9.17) is 11.6 Å². The van der Waals surface area contributed by atoms with Crippen molar-refractivity contribution in [3.63, 3.8) is 0 Å². The fourth-order valence-corrected chi connectivity index (χ4v) is 2.27. The molecular formula is C10H6ClFN2O2S. The number of hydrogen-bond donors (Lipinski definition) is 0. The normalized spacial score (nSPS) is 10.3. The van der Waals surface area contributed by atoms with Gasteiger partial charge in [-0.15, -0.1) is 0 Å². The van der Waals surface area contributed by atoms with Crippen LogP contribution in [0.25, 0.3) is 11.4 Å². The second-order valence-corrected chi connectivity index (χ2v) is 4.55. The van der Waals surface area contributed by atoms with Crippen molar-refractivity contribution in [1.82, 2.24) is 9.97 Å². The molecule has 88 valence electrons. The Morgan fingerprint density at radius 2 is 2.29 bits per heavy atom. The van der Waals surface area contributed by atoms with Crippen molar-refractivity contribution < 1.29 is 13.9 Å². The van der Waals surface area contributed by atoms with Gasteiger partial charge in [-0.05, 0) is 12.1 Å². The van der Waals surface area contributed by atoms with E-state index in [-0.39, 0.29) is 20.7 Å². The molecule has 0 N–H and O–H groups in total. The molecule has 2 aromatic heterocycles. The Balaban J connectivity index is 2.60. The maximum absolute atomic E-state index is 13.5. The minimum absolute atomic E-state index is 0.0175. The fourth-order valence-electron chi connectivity index (χ4n) is 1.25. The monoisotopic (exact) mass is 272 g/mol. The van der Waals surface area contributed by atoms with Crippen LogP contribution in [-0.2, 0) is 4.74 Å². The molecular weight excluding hydrogens is 267 g/mol. The number of ether oxygens (including phenoxy) is 1. The van der Waals surface area contributed by atoms with Crippen molar-refractivity contribution in [2.24, 2.45) is 0 Å². The molecule has 0 spiro atoms. The lowest BCUT2D eigenvalue weighted by Gasteiger charge is -2.00. The Hall–Kier alpha value is -1.53. The van der Waals surface area contributed by atoms with Crippen LogP contribution in [0.1, 0.15) is 9.67 Å². The number of nitrogens with zero attached hydrogens (tertiary/aromatic N) is 2. The van der Waals surface area contributed by atoms with Gasteiger partial charge in [0.25, 0.3) is 0 Å². The molecule has 0 amide bonds. The fraction of sp³-hybridized carbons (Fsp3) is 0.100. The number of esters is 1. The van der Waals surface area contributed by atoms with Gasteiger partial charge in [-0.1, -0.05) is 22.9 Å². The van der Waals surface area contributed by atoms with Gasteiger partial charge in [0, 0.05) is 6.20 Å². The number of halogens is 2. The minimum Gasteiger partial charge on any atom is -0.465 e. The van der Waals surface area contributed by atoms with Gasteiger partial charge in [0.15, 0.2) is 10.3 Å². The number of carbonyl (C=O) groups is 1. The molecule has 0 radical (unpaired) electrons. The van der Waals surface area contributed by atoms with Crippen molar-refractivity contribution >= 4 is 28.9 Å². The van der Waals surface area contributed by atoms with E-state index in [1.807, 2.05) is 0 Å². The van der Waals surface area contributed by atoms with E-state index in [2.05, 4.69) is 14.7 Å². The molecule has 17 heavy (non-hydrogen) atoms. The summed E-state index contributed by atoms with van der Waals surface area (Å²) in [4.78, 5) is 19.3. The zero-order chi connectivity index (χ0) is 12.4. The lowest BCUT2D eigenvalue weighted by molar-refractivity contribution is 0.0607. The van der Waals surface area contributed by atoms with Crippen LogP contribution >= 0.6 is 22.9 Å². The summed E-state index contributed by atoms with van der Waals surface area (Å²) in [7, 11) is 1.23. The average Bonchev–Trinajstić information content (AvgIpc) is 2.71. The predicted molar refractivity (Wildman–Crippen MR) is 61.7 cm³/mol. The van der Waals surface area contributed by atoms with Gasteiger partial charge >= 0.3 is 5.97 Å². The average molecular weight is 273 g/mol. The Bertz CT molecular complexity index is 573. The number of carbonyl (C=O) groups excluding carboxylic acids is 1. The van der Waals surface area contributed by atoms with Gasteiger partial charge in [0.05, 0.1) is 7.11 Å². The first-order valence-corrected chi connectivity index (χ1v) is 5.68. The molecule has 0 fully saturated rings. The maximum atomic E-state index is 13.5. The SMILES string of the molecule is COC(=O)c1sc(Cl)nc1-c1ncccc1F. The Labute approximate surface area is 105 Å². The van der Waals surface area contributed by atoms with Crippen LogP contribution in [0.3, 0.4) is 0 Å². The van der Waals surface area contributed by atoms with E-state index in [0.29, 0.717) is 0 Å². The molecule has 0 saturated carbocycles. The van der Waals surface area contributed by atoms with E-state index >= 15 is 0 Å². The standard InChI is InChI=1S/C10H6ClFN2O2S/c1-16-9(15)8-7(14-10(11)17-8)6-5(12)3-2-4-13-6/h2-4H,1H3. The first-order valence-electron chi connectivity index (χ1n) is 4.49. The molecule has 7 heteroatoms. The molecule has 2 aromatic rings.